The largest absolute Gasteiger partial charge is 0.481 e. The first-order valence-corrected chi connectivity index (χ1v) is 6.55. The lowest BCUT2D eigenvalue weighted by atomic mass is 9.84. The molecule has 0 amide bonds. The van der Waals surface area contributed by atoms with Crippen LogP contribution in [0.2, 0.25) is 0 Å². The zero-order valence-corrected chi connectivity index (χ0v) is 11.6. The molecule has 1 saturated heterocycles. The Kier molecular flexibility index (Phi) is 4.95. The van der Waals surface area contributed by atoms with Crippen molar-refractivity contribution in [2.45, 2.75) is 39.7 Å². The summed E-state index contributed by atoms with van der Waals surface area (Å²) in [4.78, 5) is 16.0. The number of rotatable bonds is 5. The van der Waals surface area contributed by atoms with Gasteiger partial charge >= 0.3 is 5.97 Å². The maximum atomic E-state index is 11.4. The van der Waals surface area contributed by atoms with Gasteiger partial charge in [-0.2, -0.15) is 0 Å². The Hall–Kier alpha value is -0.610. The van der Waals surface area contributed by atoms with E-state index in [0.717, 1.165) is 32.5 Å². The minimum absolute atomic E-state index is 0.448. The van der Waals surface area contributed by atoms with Gasteiger partial charge in [0, 0.05) is 32.2 Å². The van der Waals surface area contributed by atoms with Gasteiger partial charge in [-0.1, -0.05) is 13.3 Å². The average molecular weight is 242 g/mol. The molecular formula is C13H26N2O2. The van der Waals surface area contributed by atoms with Gasteiger partial charge in [-0.15, -0.1) is 0 Å². The molecule has 0 aromatic heterocycles. The number of piperazine rings is 1. The van der Waals surface area contributed by atoms with Gasteiger partial charge in [-0.05, 0) is 27.3 Å². The van der Waals surface area contributed by atoms with Crippen LogP contribution in [-0.4, -0.2) is 60.1 Å². The molecule has 0 aliphatic carbocycles. The summed E-state index contributed by atoms with van der Waals surface area (Å²) in [5.74, 6) is -0.662. The fourth-order valence-electron chi connectivity index (χ4n) is 2.67. The van der Waals surface area contributed by atoms with Gasteiger partial charge in [0.15, 0.2) is 0 Å². The molecule has 100 valence electrons. The van der Waals surface area contributed by atoms with Crippen molar-refractivity contribution in [3.05, 3.63) is 0 Å². The Morgan fingerprint density at radius 3 is 2.59 bits per heavy atom. The third kappa shape index (κ3) is 3.68. The molecule has 0 aromatic carbocycles. The van der Waals surface area contributed by atoms with Crippen LogP contribution in [0.1, 0.15) is 33.6 Å². The summed E-state index contributed by atoms with van der Waals surface area (Å²) in [6, 6.07) is 0.448. The summed E-state index contributed by atoms with van der Waals surface area (Å²) >= 11 is 0. The SMILES string of the molecule is CCCC(C)(CN1CCN(C)CC1C)C(=O)O. The van der Waals surface area contributed by atoms with E-state index in [9.17, 15) is 9.90 Å². The third-order valence-electron chi connectivity index (χ3n) is 3.84. The molecule has 1 rings (SSSR count). The van der Waals surface area contributed by atoms with Crippen molar-refractivity contribution in [3.8, 4) is 0 Å². The Morgan fingerprint density at radius 2 is 2.12 bits per heavy atom. The number of carbonyl (C=O) groups is 1. The first kappa shape index (κ1) is 14.5. The number of hydrogen-bond acceptors (Lipinski definition) is 3. The van der Waals surface area contributed by atoms with Gasteiger partial charge < -0.3 is 10.0 Å². The molecule has 1 fully saturated rings. The monoisotopic (exact) mass is 242 g/mol. The minimum Gasteiger partial charge on any atom is -0.481 e. The average Bonchev–Trinajstić information content (AvgIpc) is 2.22. The smallest absolute Gasteiger partial charge is 0.310 e. The molecule has 1 heterocycles. The number of likely N-dealkylation sites (N-methyl/N-ethyl adjacent to an activating group) is 1. The van der Waals surface area contributed by atoms with E-state index in [1.807, 2.05) is 6.92 Å². The molecule has 4 nitrogen and oxygen atoms in total. The highest BCUT2D eigenvalue weighted by atomic mass is 16.4. The summed E-state index contributed by atoms with van der Waals surface area (Å²) in [5, 5.41) is 9.40. The highest BCUT2D eigenvalue weighted by Crippen LogP contribution is 2.26. The quantitative estimate of drug-likeness (QED) is 0.794. The minimum atomic E-state index is -0.662. The van der Waals surface area contributed by atoms with Gasteiger partial charge in [-0.3, -0.25) is 9.69 Å². The van der Waals surface area contributed by atoms with Gasteiger partial charge in [0.1, 0.15) is 0 Å². The lowest BCUT2D eigenvalue weighted by molar-refractivity contribution is -0.150. The second-order valence-corrected chi connectivity index (χ2v) is 5.70. The number of nitrogens with zero attached hydrogens (tertiary/aromatic N) is 2. The molecule has 1 aliphatic rings. The van der Waals surface area contributed by atoms with Crippen LogP contribution in [0.4, 0.5) is 0 Å². The van der Waals surface area contributed by atoms with Gasteiger partial charge in [0.2, 0.25) is 0 Å². The van der Waals surface area contributed by atoms with Crippen molar-refractivity contribution in [3.63, 3.8) is 0 Å². The predicted octanol–water partition coefficient (Wildman–Crippen LogP) is 1.51. The Morgan fingerprint density at radius 1 is 1.47 bits per heavy atom. The predicted molar refractivity (Wildman–Crippen MR) is 69.2 cm³/mol. The topological polar surface area (TPSA) is 43.8 Å². The molecule has 2 atom stereocenters. The van der Waals surface area contributed by atoms with E-state index in [-0.39, 0.29) is 0 Å². The second kappa shape index (κ2) is 5.83. The van der Waals surface area contributed by atoms with Crippen molar-refractivity contribution >= 4 is 5.97 Å². The van der Waals surface area contributed by atoms with Gasteiger partial charge in [0.25, 0.3) is 0 Å². The van der Waals surface area contributed by atoms with Crippen LogP contribution in [0.15, 0.2) is 0 Å². The number of carboxylic acids is 1. The number of aliphatic carboxylic acids is 1. The van der Waals surface area contributed by atoms with E-state index in [0.29, 0.717) is 12.6 Å². The molecule has 0 bridgehead atoms. The molecule has 0 spiro atoms. The van der Waals surface area contributed by atoms with Crippen LogP contribution < -0.4 is 0 Å². The normalized spacial score (nSPS) is 26.7. The van der Waals surface area contributed by atoms with Crippen LogP contribution in [0.25, 0.3) is 0 Å². The van der Waals surface area contributed by atoms with Crippen molar-refractivity contribution in [2.24, 2.45) is 5.41 Å². The summed E-state index contributed by atoms with van der Waals surface area (Å²) < 4.78 is 0. The Labute approximate surface area is 105 Å². The molecule has 1 N–H and O–H groups in total. The van der Waals surface area contributed by atoms with Crippen LogP contribution >= 0.6 is 0 Å². The van der Waals surface area contributed by atoms with E-state index < -0.39 is 11.4 Å². The maximum absolute atomic E-state index is 11.4. The molecule has 1 aliphatic heterocycles. The fraction of sp³-hybridized carbons (Fsp3) is 0.923. The third-order valence-corrected chi connectivity index (χ3v) is 3.84. The first-order chi connectivity index (χ1) is 7.89. The van der Waals surface area contributed by atoms with Gasteiger partial charge in [-0.25, -0.2) is 0 Å². The highest BCUT2D eigenvalue weighted by Gasteiger charge is 2.36. The van der Waals surface area contributed by atoms with Crippen molar-refractivity contribution < 1.29 is 9.90 Å². The van der Waals surface area contributed by atoms with Crippen molar-refractivity contribution in [2.75, 3.05) is 33.2 Å². The molecule has 17 heavy (non-hydrogen) atoms. The molecule has 2 unspecified atom stereocenters. The summed E-state index contributed by atoms with van der Waals surface area (Å²) in [7, 11) is 2.12. The van der Waals surface area contributed by atoms with Crippen LogP contribution in [0.5, 0.6) is 0 Å². The Balaban J connectivity index is 2.64. The van der Waals surface area contributed by atoms with E-state index in [2.05, 4.69) is 30.7 Å². The molecule has 0 saturated carbocycles. The first-order valence-electron chi connectivity index (χ1n) is 6.55. The maximum Gasteiger partial charge on any atom is 0.310 e. The van der Waals surface area contributed by atoms with Crippen LogP contribution in [0.3, 0.4) is 0 Å². The Bertz CT molecular complexity index is 270. The van der Waals surface area contributed by atoms with E-state index in [1.165, 1.54) is 0 Å². The molecule has 0 radical (unpaired) electrons. The van der Waals surface area contributed by atoms with E-state index in [4.69, 9.17) is 0 Å². The standard InChI is InChI=1S/C13H26N2O2/c1-5-6-13(3,12(16)17)10-15-8-7-14(4)9-11(15)2/h11H,5-10H2,1-4H3,(H,16,17). The molecule has 4 heteroatoms. The zero-order chi connectivity index (χ0) is 13.1. The number of hydrogen-bond donors (Lipinski definition) is 1. The second-order valence-electron chi connectivity index (χ2n) is 5.70. The van der Waals surface area contributed by atoms with Crippen LogP contribution in [0, 0.1) is 5.41 Å². The van der Waals surface area contributed by atoms with Crippen molar-refractivity contribution in [1.82, 2.24) is 9.80 Å². The van der Waals surface area contributed by atoms with Crippen LogP contribution in [-0.2, 0) is 4.79 Å². The summed E-state index contributed by atoms with van der Waals surface area (Å²) in [5.41, 5.74) is -0.598. The summed E-state index contributed by atoms with van der Waals surface area (Å²) in [6.07, 6.45) is 1.67. The van der Waals surface area contributed by atoms with E-state index in [1.54, 1.807) is 0 Å². The highest BCUT2D eigenvalue weighted by molar-refractivity contribution is 5.74. The summed E-state index contributed by atoms with van der Waals surface area (Å²) in [6.45, 7) is 9.83. The molecule has 0 aromatic rings. The zero-order valence-electron chi connectivity index (χ0n) is 11.6. The van der Waals surface area contributed by atoms with E-state index >= 15 is 0 Å². The lowest BCUT2D eigenvalue weighted by Crippen LogP contribution is -2.54. The lowest BCUT2D eigenvalue weighted by Gasteiger charge is -2.41. The van der Waals surface area contributed by atoms with Crippen molar-refractivity contribution in [1.29, 1.82) is 0 Å². The number of carboxylic acid groups (broad SMARTS) is 1. The molecular weight excluding hydrogens is 216 g/mol. The fourth-order valence-corrected chi connectivity index (χ4v) is 2.67. The van der Waals surface area contributed by atoms with Gasteiger partial charge in [0.05, 0.1) is 5.41 Å².